The molecule has 0 aliphatic carbocycles. The van der Waals surface area contributed by atoms with E-state index in [0.29, 0.717) is 6.07 Å². The third-order valence-electron chi connectivity index (χ3n) is 2.58. The fourth-order valence-corrected chi connectivity index (χ4v) is 2.62. The van der Waals surface area contributed by atoms with Crippen LogP contribution in [-0.4, -0.2) is 25.3 Å². The summed E-state index contributed by atoms with van der Waals surface area (Å²) < 4.78 is 59.8. The first-order valence-electron chi connectivity index (χ1n) is 5.27. The van der Waals surface area contributed by atoms with Crippen molar-refractivity contribution in [1.82, 2.24) is 0 Å². The van der Waals surface area contributed by atoms with Gasteiger partial charge in [-0.3, -0.25) is 4.57 Å². The molecule has 1 rings (SSSR count). The first-order valence-corrected chi connectivity index (χ1v) is 6.99. The molecule has 0 amide bonds. The van der Waals surface area contributed by atoms with Crippen LogP contribution in [0.1, 0.15) is 21.5 Å². The lowest BCUT2D eigenvalue weighted by Gasteiger charge is -2.17. The Morgan fingerprint density at radius 1 is 1.30 bits per heavy atom. The molecule has 0 radical (unpaired) electrons. The van der Waals surface area contributed by atoms with E-state index in [2.05, 4.69) is 9.05 Å². The molecule has 0 unspecified atom stereocenters. The van der Waals surface area contributed by atoms with Crippen molar-refractivity contribution in [2.24, 2.45) is 0 Å². The van der Waals surface area contributed by atoms with Gasteiger partial charge in [0.25, 0.3) is 0 Å². The highest BCUT2D eigenvalue weighted by Crippen LogP contribution is 2.51. The number of rotatable bonds is 5. The van der Waals surface area contributed by atoms with Crippen LogP contribution in [0.15, 0.2) is 18.2 Å². The van der Waals surface area contributed by atoms with Crippen LogP contribution in [0, 0.1) is 0 Å². The van der Waals surface area contributed by atoms with Crippen LogP contribution in [0.2, 0.25) is 0 Å². The van der Waals surface area contributed by atoms with E-state index < -0.39 is 37.0 Å². The Labute approximate surface area is 112 Å². The Bertz CT molecular complexity index is 547. The monoisotopic (exact) mass is 312 g/mol. The lowest BCUT2D eigenvalue weighted by Crippen LogP contribution is -2.12. The minimum atomic E-state index is -4.77. The average Bonchev–Trinajstić information content (AvgIpc) is 2.37. The van der Waals surface area contributed by atoms with E-state index in [1.165, 1.54) is 0 Å². The number of benzene rings is 1. The summed E-state index contributed by atoms with van der Waals surface area (Å²) in [6.07, 6.45) is -5.37. The van der Waals surface area contributed by atoms with Gasteiger partial charge in [0.15, 0.2) is 0 Å². The van der Waals surface area contributed by atoms with E-state index in [-0.39, 0.29) is 5.56 Å². The molecule has 0 bridgehead atoms. The van der Waals surface area contributed by atoms with Crippen LogP contribution < -0.4 is 0 Å². The van der Waals surface area contributed by atoms with Gasteiger partial charge in [0, 0.05) is 14.2 Å². The molecule has 0 aliphatic rings. The number of halogens is 3. The van der Waals surface area contributed by atoms with Gasteiger partial charge >= 0.3 is 19.7 Å². The topological polar surface area (TPSA) is 72.8 Å². The summed E-state index contributed by atoms with van der Waals surface area (Å²) in [5.41, 5.74) is -2.04. The molecule has 5 nitrogen and oxygen atoms in total. The summed E-state index contributed by atoms with van der Waals surface area (Å²) in [6, 6.07) is 2.45. The van der Waals surface area contributed by atoms with Crippen molar-refractivity contribution in [3.63, 3.8) is 0 Å². The lowest BCUT2D eigenvalue weighted by molar-refractivity contribution is -0.138. The predicted molar refractivity (Wildman–Crippen MR) is 63.7 cm³/mol. The maximum absolute atomic E-state index is 12.9. The van der Waals surface area contributed by atoms with Gasteiger partial charge in [-0.25, -0.2) is 4.79 Å². The lowest BCUT2D eigenvalue weighted by atomic mass is 10.0. The first kappa shape index (κ1) is 16.7. The first-order chi connectivity index (χ1) is 9.13. The van der Waals surface area contributed by atoms with Crippen molar-refractivity contribution in [3.8, 4) is 0 Å². The van der Waals surface area contributed by atoms with Gasteiger partial charge in [0.2, 0.25) is 0 Å². The molecule has 0 fully saturated rings. The Hall–Kier alpha value is -1.37. The quantitative estimate of drug-likeness (QED) is 0.844. The number of carboxylic acid groups (broad SMARTS) is 1. The van der Waals surface area contributed by atoms with Crippen molar-refractivity contribution in [1.29, 1.82) is 0 Å². The third-order valence-corrected chi connectivity index (χ3v) is 4.42. The molecule has 1 N–H and O–H groups in total. The van der Waals surface area contributed by atoms with Gasteiger partial charge in [0.1, 0.15) is 0 Å². The SMILES string of the molecule is COP(=O)(Cc1ccc(C(=O)O)cc1C(F)(F)F)OC. The van der Waals surface area contributed by atoms with E-state index in [1.54, 1.807) is 0 Å². The standard InChI is InChI=1S/C11H12F3O5P/c1-18-20(17,19-2)6-8-4-3-7(10(15)16)5-9(8)11(12,13)14/h3-5H,6H2,1-2H3,(H,15,16). The molecular weight excluding hydrogens is 300 g/mol. The van der Waals surface area contributed by atoms with Gasteiger partial charge in [0.05, 0.1) is 17.3 Å². The molecule has 0 heterocycles. The van der Waals surface area contributed by atoms with Crippen molar-refractivity contribution in [2.75, 3.05) is 14.2 Å². The number of hydrogen-bond donors (Lipinski definition) is 1. The largest absolute Gasteiger partial charge is 0.478 e. The van der Waals surface area contributed by atoms with E-state index in [9.17, 15) is 22.5 Å². The van der Waals surface area contributed by atoms with Gasteiger partial charge in [-0.2, -0.15) is 13.2 Å². The fraction of sp³-hybridized carbons (Fsp3) is 0.364. The highest BCUT2D eigenvalue weighted by Gasteiger charge is 2.36. The van der Waals surface area contributed by atoms with Crippen molar-refractivity contribution < 1.29 is 36.7 Å². The van der Waals surface area contributed by atoms with E-state index in [1.807, 2.05) is 0 Å². The van der Waals surface area contributed by atoms with Crippen LogP contribution >= 0.6 is 7.60 Å². The van der Waals surface area contributed by atoms with Crippen molar-refractivity contribution in [3.05, 3.63) is 34.9 Å². The van der Waals surface area contributed by atoms with Crippen LogP contribution in [0.4, 0.5) is 13.2 Å². The smallest absolute Gasteiger partial charge is 0.416 e. The second kappa shape index (κ2) is 5.95. The Kier molecular flexibility index (Phi) is 4.96. The summed E-state index contributed by atoms with van der Waals surface area (Å²) in [6.45, 7) is 0. The molecule has 0 atom stereocenters. The number of alkyl halides is 3. The molecule has 0 aromatic heterocycles. The van der Waals surface area contributed by atoms with Crippen molar-refractivity contribution >= 4 is 13.6 Å². The van der Waals surface area contributed by atoms with Gasteiger partial charge < -0.3 is 14.2 Å². The summed E-state index contributed by atoms with van der Waals surface area (Å²) in [7, 11) is -1.57. The van der Waals surface area contributed by atoms with Crippen molar-refractivity contribution in [2.45, 2.75) is 12.3 Å². The zero-order chi connectivity index (χ0) is 15.6. The van der Waals surface area contributed by atoms with Crippen LogP contribution in [-0.2, 0) is 26.0 Å². The van der Waals surface area contributed by atoms with Crippen LogP contribution in [0.3, 0.4) is 0 Å². The molecular formula is C11H12F3O5P. The normalized spacial score (nSPS) is 12.4. The molecule has 1 aromatic rings. The highest BCUT2D eigenvalue weighted by atomic mass is 31.2. The molecule has 0 spiro atoms. The summed E-state index contributed by atoms with van der Waals surface area (Å²) >= 11 is 0. The Morgan fingerprint density at radius 3 is 2.25 bits per heavy atom. The maximum Gasteiger partial charge on any atom is 0.416 e. The molecule has 9 heteroatoms. The zero-order valence-electron chi connectivity index (χ0n) is 10.6. The summed E-state index contributed by atoms with van der Waals surface area (Å²) in [5.74, 6) is -1.48. The van der Waals surface area contributed by atoms with E-state index in [0.717, 1.165) is 26.4 Å². The van der Waals surface area contributed by atoms with E-state index in [4.69, 9.17) is 5.11 Å². The molecule has 112 valence electrons. The molecule has 1 aromatic carbocycles. The minimum absolute atomic E-state index is 0.352. The highest BCUT2D eigenvalue weighted by molar-refractivity contribution is 7.52. The number of hydrogen-bond acceptors (Lipinski definition) is 4. The van der Waals surface area contributed by atoms with E-state index >= 15 is 0 Å². The van der Waals surface area contributed by atoms with Gasteiger partial charge in [-0.15, -0.1) is 0 Å². The number of aromatic carboxylic acids is 1. The molecule has 0 aliphatic heterocycles. The molecule has 0 saturated heterocycles. The maximum atomic E-state index is 12.9. The Balaban J connectivity index is 3.33. The fourth-order valence-electron chi connectivity index (χ4n) is 1.52. The number of carboxylic acids is 1. The van der Waals surface area contributed by atoms with Crippen LogP contribution in [0.5, 0.6) is 0 Å². The third kappa shape index (κ3) is 3.82. The van der Waals surface area contributed by atoms with Gasteiger partial charge in [-0.05, 0) is 17.7 Å². The predicted octanol–water partition coefficient (Wildman–Crippen LogP) is 3.39. The zero-order valence-corrected chi connectivity index (χ0v) is 11.5. The average molecular weight is 312 g/mol. The summed E-state index contributed by atoms with van der Waals surface area (Å²) in [4.78, 5) is 10.7. The van der Waals surface area contributed by atoms with Gasteiger partial charge in [-0.1, -0.05) is 6.07 Å². The second-order valence-corrected chi connectivity index (χ2v) is 6.08. The molecule has 0 saturated carbocycles. The van der Waals surface area contributed by atoms with Crippen LogP contribution in [0.25, 0.3) is 0 Å². The Morgan fingerprint density at radius 2 is 1.85 bits per heavy atom. The summed E-state index contributed by atoms with van der Waals surface area (Å²) in [5, 5.41) is 8.72. The number of carbonyl (C=O) groups is 1. The second-order valence-electron chi connectivity index (χ2n) is 3.81. The minimum Gasteiger partial charge on any atom is -0.478 e. The molecule has 20 heavy (non-hydrogen) atoms.